The highest BCUT2D eigenvalue weighted by Gasteiger charge is 2.36. The van der Waals surface area contributed by atoms with E-state index in [-0.39, 0.29) is 5.41 Å². The quantitative estimate of drug-likeness (QED) is 0.922. The van der Waals surface area contributed by atoms with Gasteiger partial charge < -0.3 is 5.32 Å². The van der Waals surface area contributed by atoms with Crippen LogP contribution in [-0.4, -0.2) is 28.7 Å². The number of rotatable bonds is 3. The van der Waals surface area contributed by atoms with Crippen molar-refractivity contribution in [3.05, 3.63) is 15.9 Å². The average molecular weight is 300 g/mol. The van der Waals surface area contributed by atoms with Crippen LogP contribution in [0.25, 0.3) is 0 Å². The van der Waals surface area contributed by atoms with Crippen molar-refractivity contribution in [1.82, 2.24) is 15.1 Å². The Morgan fingerprint density at radius 1 is 1.65 bits per heavy atom. The van der Waals surface area contributed by atoms with Gasteiger partial charge in [0, 0.05) is 19.0 Å². The third-order valence-corrected chi connectivity index (χ3v) is 4.66. The Morgan fingerprint density at radius 3 is 2.82 bits per heavy atom. The van der Waals surface area contributed by atoms with E-state index in [2.05, 4.69) is 26.3 Å². The molecule has 0 aliphatic carbocycles. The third-order valence-electron chi connectivity index (χ3n) is 3.63. The number of nitrogens with zero attached hydrogens (tertiary/aromatic N) is 2. The zero-order valence-electron chi connectivity index (χ0n) is 10.5. The summed E-state index contributed by atoms with van der Waals surface area (Å²) in [6, 6.07) is 0. The smallest absolute Gasteiger partial charge is 0.146 e. The minimum Gasteiger partial charge on any atom is -0.316 e. The largest absolute Gasteiger partial charge is 0.316 e. The highest BCUT2D eigenvalue weighted by Crippen LogP contribution is 2.29. The van der Waals surface area contributed by atoms with E-state index in [4.69, 9.17) is 0 Å². The van der Waals surface area contributed by atoms with E-state index in [1.807, 2.05) is 20.9 Å². The Hall–Kier alpha value is -0.680. The lowest BCUT2D eigenvalue weighted by Crippen LogP contribution is -2.32. The van der Waals surface area contributed by atoms with Crippen LogP contribution in [-0.2, 0) is 18.3 Å². The topological polar surface area (TPSA) is 46.9 Å². The van der Waals surface area contributed by atoms with E-state index in [0.717, 1.165) is 35.4 Å². The standard InChI is InChI=1S/C12H18BrN3O/c1-8-11(13)9(16(3)15-8)6-10(17)12(2)4-5-14-7-12/h14H,4-7H2,1-3H3. The molecule has 1 aliphatic rings. The molecule has 1 saturated heterocycles. The molecule has 1 fully saturated rings. The summed E-state index contributed by atoms with van der Waals surface area (Å²) >= 11 is 3.50. The van der Waals surface area contributed by atoms with Gasteiger partial charge in [-0.25, -0.2) is 0 Å². The molecule has 1 aromatic heterocycles. The van der Waals surface area contributed by atoms with Crippen LogP contribution in [0.4, 0.5) is 0 Å². The number of ketones is 1. The van der Waals surface area contributed by atoms with Crippen LogP contribution in [0.2, 0.25) is 0 Å². The van der Waals surface area contributed by atoms with Gasteiger partial charge in [-0.05, 0) is 35.8 Å². The van der Waals surface area contributed by atoms with E-state index in [0.29, 0.717) is 12.2 Å². The van der Waals surface area contributed by atoms with Crippen LogP contribution in [0, 0.1) is 12.3 Å². The van der Waals surface area contributed by atoms with Crippen molar-refractivity contribution >= 4 is 21.7 Å². The second-order valence-corrected chi connectivity index (χ2v) is 5.85. The molecule has 0 amide bonds. The van der Waals surface area contributed by atoms with Gasteiger partial charge in [0.2, 0.25) is 0 Å². The molecule has 0 saturated carbocycles. The molecule has 17 heavy (non-hydrogen) atoms. The molecule has 2 heterocycles. The Balaban J connectivity index is 2.18. The summed E-state index contributed by atoms with van der Waals surface area (Å²) < 4.78 is 2.76. The van der Waals surface area contributed by atoms with Crippen LogP contribution in [0.15, 0.2) is 4.47 Å². The molecule has 1 aliphatic heterocycles. The summed E-state index contributed by atoms with van der Waals surface area (Å²) in [7, 11) is 1.88. The number of carbonyl (C=O) groups excluding carboxylic acids is 1. The van der Waals surface area contributed by atoms with Crippen molar-refractivity contribution in [1.29, 1.82) is 0 Å². The van der Waals surface area contributed by atoms with Gasteiger partial charge in [0.05, 0.1) is 22.3 Å². The van der Waals surface area contributed by atoms with Gasteiger partial charge in [0.25, 0.3) is 0 Å². The first-order valence-corrected chi connectivity index (χ1v) is 6.65. The van der Waals surface area contributed by atoms with E-state index < -0.39 is 0 Å². The van der Waals surface area contributed by atoms with Crippen LogP contribution >= 0.6 is 15.9 Å². The Morgan fingerprint density at radius 2 is 2.35 bits per heavy atom. The normalized spacial score (nSPS) is 24.2. The molecular weight excluding hydrogens is 282 g/mol. The SMILES string of the molecule is Cc1nn(C)c(CC(=O)C2(C)CCNC2)c1Br. The number of carbonyl (C=O) groups is 1. The zero-order chi connectivity index (χ0) is 12.6. The number of Topliss-reactive ketones (excluding diaryl/α,β-unsaturated/α-hetero) is 1. The van der Waals surface area contributed by atoms with Gasteiger partial charge >= 0.3 is 0 Å². The fourth-order valence-electron chi connectivity index (χ4n) is 2.29. The maximum Gasteiger partial charge on any atom is 0.146 e. The second kappa shape index (κ2) is 4.53. The lowest BCUT2D eigenvalue weighted by Gasteiger charge is -2.20. The van der Waals surface area contributed by atoms with Crippen LogP contribution in [0.5, 0.6) is 0 Å². The maximum atomic E-state index is 12.3. The molecule has 94 valence electrons. The first-order valence-electron chi connectivity index (χ1n) is 5.86. The summed E-state index contributed by atoms with van der Waals surface area (Å²) in [6.07, 6.45) is 1.39. The van der Waals surface area contributed by atoms with E-state index in [1.165, 1.54) is 0 Å². The van der Waals surface area contributed by atoms with E-state index in [1.54, 1.807) is 4.68 Å². The average Bonchev–Trinajstić information content (AvgIpc) is 2.80. The van der Waals surface area contributed by atoms with Gasteiger partial charge in [0.1, 0.15) is 5.78 Å². The third kappa shape index (κ3) is 2.31. The van der Waals surface area contributed by atoms with Crippen molar-refractivity contribution in [2.45, 2.75) is 26.7 Å². The molecule has 1 unspecified atom stereocenters. The number of hydrogen-bond acceptors (Lipinski definition) is 3. The molecule has 2 rings (SSSR count). The predicted octanol–water partition coefficient (Wildman–Crippen LogP) is 1.60. The lowest BCUT2D eigenvalue weighted by molar-refractivity contribution is -0.126. The minimum absolute atomic E-state index is 0.211. The van der Waals surface area contributed by atoms with Gasteiger partial charge in [-0.3, -0.25) is 9.48 Å². The number of aryl methyl sites for hydroxylation is 2. The Bertz CT molecular complexity index is 447. The van der Waals surface area contributed by atoms with Gasteiger partial charge in [-0.2, -0.15) is 5.10 Å². The molecule has 0 radical (unpaired) electrons. The van der Waals surface area contributed by atoms with Gasteiger partial charge in [-0.15, -0.1) is 0 Å². The van der Waals surface area contributed by atoms with Crippen LogP contribution in [0.1, 0.15) is 24.7 Å². The molecule has 1 atom stereocenters. The number of hydrogen-bond donors (Lipinski definition) is 1. The minimum atomic E-state index is -0.211. The van der Waals surface area contributed by atoms with Crippen molar-refractivity contribution < 1.29 is 4.79 Å². The molecule has 1 N–H and O–H groups in total. The first kappa shape index (κ1) is 12.8. The lowest BCUT2D eigenvalue weighted by atomic mass is 9.83. The molecule has 4 nitrogen and oxygen atoms in total. The first-order chi connectivity index (χ1) is 7.94. The Labute approximate surface area is 110 Å². The Kier molecular flexibility index (Phi) is 3.41. The predicted molar refractivity (Wildman–Crippen MR) is 69.9 cm³/mol. The van der Waals surface area contributed by atoms with Crippen LogP contribution in [0.3, 0.4) is 0 Å². The van der Waals surface area contributed by atoms with Gasteiger partial charge in [-0.1, -0.05) is 6.92 Å². The van der Waals surface area contributed by atoms with Crippen molar-refractivity contribution in [2.24, 2.45) is 12.5 Å². The number of aromatic nitrogens is 2. The molecule has 5 heteroatoms. The molecule has 1 aromatic rings. The number of nitrogens with one attached hydrogen (secondary N) is 1. The summed E-state index contributed by atoms with van der Waals surface area (Å²) in [5.74, 6) is 0.297. The maximum absolute atomic E-state index is 12.3. The summed E-state index contributed by atoms with van der Waals surface area (Å²) in [5.41, 5.74) is 1.70. The van der Waals surface area contributed by atoms with Crippen molar-refractivity contribution in [3.8, 4) is 0 Å². The zero-order valence-corrected chi connectivity index (χ0v) is 12.1. The van der Waals surface area contributed by atoms with E-state index >= 15 is 0 Å². The van der Waals surface area contributed by atoms with Crippen molar-refractivity contribution in [3.63, 3.8) is 0 Å². The number of halogens is 1. The van der Waals surface area contributed by atoms with E-state index in [9.17, 15) is 4.79 Å². The molecule has 0 aromatic carbocycles. The highest BCUT2D eigenvalue weighted by molar-refractivity contribution is 9.10. The molecule has 0 bridgehead atoms. The molecule has 0 spiro atoms. The van der Waals surface area contributed by atoms with Crippen LogP contribution < -0.4 is 5.32 Å². The monoisotopic (exact) mass is 299 g/mol. The summed E-state index contributed by atoms with van der Waals surface area (Å²) in [4.78, 5) is 12.3. The fourth-order valence-corrected chi connectivity index (χ4v) is 2.77. The van der Waals surface area contributed by atoms with Gasteiger partial charge in [0.15, 0.2) is 0 Å². The summed E-state index contributed by atoms with van der Waals surface area (Å²) in [5, 5.41) is 7.57. The summed E-state index contributed by atoms with van der Waals surface area (Å²) in [6.45, 7) is 5.72. The second-order valence-electron chi connectivity index (χ2n) is 5.06. The van der Waals surface area contributed by atoms with Crippen molar-refractivity contribution in [2.75, 3.05) is 13.1 Å². The highest BCUT2D eigenvalue weighted by atomic mass is 79.9. The molecular formula is C12H18BrN3O. The fraction of sp³-hybridized carbons (Fsp3) is 0.667.